The van der Waals surface area contributed by atoms with Crippen molar-refractivity contribution in [3.63, 3.8) is 0 Å². The van der Waals surface area contributed by atoms with Crippen LogP contribution in [0, 0.1) is 12.8 Å². The second kappa shape index (κ2) is 5.61. The summed E-state index contributed by atoms with van der Waals surface area (Å²) < 4.78 is 0. The number of aromatic hydroxyl groups is 1. The van der Waals surface area contributed by atoms with Crippen LogP contribution in [0.5, 0.6) is 5.75 Å². The molecule has 17 heavy (non-hydrogen) atoms. The molecule has 0 radical (unpaired) electrons. The molecule has 0 aliphatic heterocycles. The van der Waals surface area contributed by atoms with E-state index in [9.17, 15) is 9.90 Å². The van der Waals surface area contributed by atoms with Crippen molar-refractivity contribution in [1.82, 2.24) is 0 Å². The van der Waals surface area contributed by atoms with Gasteiger partial charge in [-0.1, -0.05) is 25.4 Å². The Balaban J connectivity index is 2.92. The number of aryl methyl sites for hydroxylation is 1. The van der Waals surface area contributed by atoms with E-state index in [0.29, 0.717) is 0 Å². The summed E-state index contributed by atoms with van der Waals surface area (Å²) in [6.45, 7) is 5.52. The van der Waals surface area contributed by atoms with Gasteiger partial charge in [0.15, 0.2) is 5.75 Å². The summed E-state index contributed by atoms with van der Waals surface area (Å²) in [6.07, 6.45) is 0. The van der Waals surface area contributed by atoms with Crippen LogP contribution in [0.15, 0.2) is 12.1 Å². The van der Waals surface area contributed by atoms with Crippen molar-refractivity contribution < 1.29 is 9.90 Å². The highest BCUT2D eigenvalue weighted by Gasteiger charge is 2.20. The molecule has 1 atom stereocenters. The molecule has 2 N–H and O–H groups in total. The average Bonchev–Trinajstić information content (AvgIpc) is 2.23. The molecule has 0 aromatic heterocycles. The molecule has 1 rings (SSSR count). The van der Waals surface area contributed by atoms with Gasteiger partial charge in [0.2, 0.25) is 5.91 Å². The highest BCUT2D eigenvalue weighted by atomic mass is 35.5. The minimum atomic E-state index is -0.645. The van der Waals surface area contributed by atoms with Crippen molar-refractivity contribution in [2.45, 2.75) is 26.1 Å². The van der Waals surface area contributed by atoms with E-state index >= 15 is 0 Å². The Bertz CT molecular complexity index is 433. The number of phenols is 1. The predicted molar refractivity (Wildman–Crippen MR) is 71.0 cm³/mol. The first kappa shape index (κ1) is 14.1. The number of phenolic OH excluding ortho intramolecular Hbond substituents is 1. The number of carbonyl (C=O) groups excluding carboxylic acids is 1. The van der Waals surface area contributed by atoms with Gasteiger partial charge in [0.25, 0.3) is 0 Å². The molecule has 0 heterocycles. The molecule has 94 valence electrons. The Morgan fingerprint density at radius 2 is 2.00 bits per heavy atom. The van der Waals surface area contributed by atoms with E-state index < -0.39 is 5.38 Å². The topological polar surface area (TPSA) is 49.3 Å². The van der Waals surface area contributed by atoms with E-state index in [2.05, 4.69) is 5.32 Å². The lowest BCUT2D eigenvalue weighted by Crippen LogP contribution is -2.27. The third kappa shape index (κ3) is 3.51. The fourth-order valence-corrected chi connectivity index (χ4v) is 1.66. The zero-order valence-electron chi connectivity index (χ0n) is 9.92. The van der Waals surface area contributed by atoms with Crippen molar-refractivity contribution >= 4 is 34.8 Å². The molecular formula is C12H15Cl2NO2. The molecule has 1 aromatic rings. The molecule has 1 amide bonds. The minimum Gasteiger partial charge on any atom is -0.504 e. The Labute approximate surface area is 111 Å². The quantitative estimate of drug-likeness (QED) is 0.655. The molecule has 0 saturated heterocycles. The van der Waals surface area contributed by atoms with Crippen molar-refractivity contribution in [3.8, 4) is 5.75 Å². The van der Waals surface area contributed by atoms with Gasteiger partial charge in [-0.05, 0) is 30.5 Å². The largest absolute Gasteiger partial charge is 0.504 e. The van der Waals surface area contributed by atoms with Crippen LogP contribution < -0.4 is 5.32 Å². The zero-order valence-corrected chi connectivity index (χ0v) is 11.4. The van der Waals surface area contributed by atoms with Gasteiger partial charge in [-0.25, -0.2) is 0 Å². The van der Waals surface area contributed by atoms with E-state index in [1.807, 2.05) is 20.8 Å². The number of alkyl halides is 1. The maximum atomic E-state index is 11.7. The molecule has 1 aromatic carbocycles. The highest BCUT2D eigenvalue weighted by Crippen LogP contribution is 2.33. The molecule has 5 heteroatoms. The second-order valence-electron chi connectivity index (χ2n) is 4.28. The van der Waals surface area contributed by atoms with Crippen molar-refractivity contribution in [3.05, 3.63) is 22.7 Å². The van der Waals surface area contributed by atoms with Crippen LogP contribution in [0.3, 0.4) is 0 Å². The summed E-state index contributed by atoms with van der Waals surface area (Å²) in [4.78, 5) is 11.7. The van der Waals surface area contributed by atoms with Crippen LogP contribution in [0.25, 0.3) is 0 Å². The lowest BCUT2D eigenvalue weighted by atomic mass is 10.1. The number of halogens is 2. The lowest BCUT2D eigenvalue weighted by Gasteiger charge is -2.15. The molecule has 0 spiro atoms. The van der Waals surface area contributed by atoms with Gasteiger partial charge in [-0.2, -0.15) is 0 Å². The Hall–Kier alpha value is -0.930. The Morgan fingerprint density at radius 3 is 2.53 bits per heavy atom. The SMILES string of the molecule is Cc1cc(Cl)c(O)c(NC(=O)[C@@H](Cl)C(C)C)c1. The van der Waals surface area contributed by atoms with Gasteiger partial charge < -0.3 is 10.4 Å². The zero-order chi connectivity index (χ0) is 13.2. The third-order valence-electron chi connectivity index (χ3n) is 2.30. The van der Waals surface area contributed by atoms with E-state index in [4.69, 9.17) is 23.2 Å². The molecule has 0 unspecified atom stereocenters. The van der Waals surface area contributed by atoms with E-state index in [0.717, 1.165) is 5.56 Å². The molecule has 0 saturated carbocycles. The molecule has 0 fully saturated rings. The summed E-state index contributed by atoms with van der Waals surface area (Å²) in [5, 5.41) is 11.8. The number of anilines is 1. The minimum absolute atomic E-state index is 0.0130. The van der Waals surface area contributed by atoms with Crippen molar-refractivity contribution in [2.75, 3.05) is 5.32 Å². The maximum Gasteiger partial charge on any atom is 0.242 e. The molecule has 0 bridgehead atoms. The van der Waals surface area contributed by atoms with E-state index in [-0.39, 0.29) is 28.3 Å². The summed E-state index contributed by atoms with van der Waals surface area (Å²) in [7, 11) is 0. The summed E-state index contributed by atoms with van der Waals surface area (Å²) in [6, 6.07) is 3.26. The fraction of sp³-hybridized carbons (Fsp3) is 0.417. The number of hydrogen-bond acceptors (Lipinski definition) is 2. The van der Waals surface area contributed by atoms with E-state index in [1.165, 1.54) is 0 Å². The number of nitrogens with one attached hydrogen (secondary N) is 1. The molecule has 0 aliphatic rings. The molecule has 0 aliphatic carbocycles. The number of amides is 1. The monoisotopic (exact) mass is 275 g/mol. The summed E-state index contributed by atoms with van der Waals surface area (Å²) in [5.74, 6) is -0.476. The highest BCUT2D eigenvalue weighted by molar-refractivity contribution is 6.34. The van der Waals surface area contributed by atoms with Gasteiger partial charge in [0.1, 0.15) is 5.38 Å². The van der Waals surface area contributed by atoms with Gasteiger partial charge in [-0.3, -0.25) is 4.79 Å². The van der Waals surface area contributed by atoms with Crippen LogP contribution in [-0.4, -0.2) is 16.4 Å². The number of hydrogen-bond donors (Lipinski definition) is 2. The standard InChI is InChI=1S/C12H15Cl2NO2/c1-6(2)10(14)12(17)15-9-5-7(3)4-8(13)11(9)16/h4-6,10,16H,1-3H3,(H,15,17)/t10-/m0/s1. The van der Waals surface area contributed by atoms with E-state index in [1.54, 1.807) is 12.1 Å². The van der Waals surface area contributed by atoms with Gasteiger partial charge >= 0.3 is 0 Å². The second-order valence-corrected chi connectivity index (χ2v) is 5.16. The summed E-state index contributed by atoms with van der Waals surface area (Å²) in [5.41, 5.74) is 1.13. The van der Waals surface area contributed by atoms with Gasteiger partial charge in [-0.15, -0.1) is 11.6 Å². The fourth-order valence-electron chi connectivity index (χ4n) is 1.33. The first-order valence-corrected chi connectivity index (χ1v) is 6.08. The van der Waals surface area contributed by atoms with Gasteiger partial charge in [0.05, 0.1) is 10.7 Å². The first-order valence-electron chi connectivity index (χ1n) is 5.27. The molecular weight excluding hydrogens is 261 g/mol. The third-order valence-corrected chi connectivity index (χ3v) is 3.29. The van der Waals surface area contributed by atoms with Crippen LogP contribution in [0.2, 0.25) is 5.02 Å². The summed E-state index contributed by atoms with van der Waals surface area (Å²) >= 11 is 11.7. The van der Waals surface area contributed by atoms with Crippen LogP contribution in [0.1, 0.15) is 19.4 Å². The lowest BCUT2D eigenvalue weighted by molar-refractivity contribution is -0.116. The predicted octanol–water partition coefficient (Wildman–Crippen LogP) is 3.56. The maximum absolute atomic E-state index is 11.7. The average molecular weight is 276 g/mol. The Kier molecular flexibility index (Phi) is 4.66. The Morgan fingerprint density at radius 1 is 1.41 bits per heavy atom. The number of rotatable bonds is 3. The van der Waals surface area contributed by atoms with Crippen LogP contribution in [0.4, 0.5) is 5.69 Å². The first-order chi connectivity index (χ1) is 7.82. The van der Waals surface area contributed by atoms with Crippen molar-refractivity contribution in [1.29, 1.82) is 0 Å². The number of benzene rings is 1. The smallest absolute Gasteiger partial charge is 0.242 e. The van der Waals surface area contributed by atoms with Crippen LogP contribution in [-0.2, 0) is 4.79 Å². The van der Waals surface area contributed by atoms with Gasteiger partial charge in [0, 0.05) is 0 Å². The molecule has 3 nitrogen and oxygen atoms in total. The van der Waals surface area contributed by atoms with Crippen molar-refractivity contribution in [2.24, 2.45) is 5.92 Å². The normalized spacial score (nSPS) is 12.6. The van der Waals surface area contributed by atoms with Crippen LogP contribution >= 0.6 is 23.2 Å². The number of carbonyl (C=O) groups is 1.